The van der Waals surface area contributed by atoms with Crippen molar-refractivity contribution in [3.8, 4) is 5.75 Å². The van der Waals surface area contributed by atoms with E-state index in [9.17, 15) is 17.6 Å². The Morgan fingerprint density at radius 3 is 2.67 bits per heavy atom. The summed E-state index contributed by atoms with van der Waals surface area (Å²) in [7, 11) is -3.23. The molecule has 7 heteroatoms. The molecule has 1 aromatic carbocycles. The summed E-state index contributed by atoms with van der Waals surface area (Å²) in [4.78, 5) is 10.5. The van der Waals surface area contributed by atoms with Crippen LogP contribution in [0.15, 0.2) is 24.3 Å². The molecule has 0 aliphatic rings. The van der Waals surface area contributed by atoms with Gasteiger partial charge in [-0.3, -0.25) is 0 Å². The van der Waals surface area contributed by atoms with E-state index in [0.29, 0.717) is 0 Å². The fourth-order valence-electron chi connectivity index (χ4n) is 1.45. The van der Waals surface area contributed by atoms with Crippen LogP contribution in [0.4, 0.5) is 4.39 Å². The van der Waals surface area contributed by atoms with Crippen molar-refractivity contribution in [1.82, 2.24) is 0 Å². The first-order valence-electron chi connectivity index (χ1n) is 6.27. The van der Waals surface area contributed by atoms with E-state index in [2.05, 4.69) is 0 Å². The molecule has 0 fully saturated rings. The van der Waals surface area contributed by atoms with Gasteiger partial charge in [-0.2, -0.15) is 0 Å². The Balaban J connectivity index is 2.82. The Morgan fingerprint density at radius 1 is 1.43 bits per heavy atom. The summed E-state index contributed by atoms with van der Waals surface area (Å²) in [6, 6.07) is 3.61. The van der Waals surface area contributed by atoms with Crippen molar-refractivity contribution in [2.75, 3.05) is 12.4 Å². The summed E-state index contributed by atoms with van der Waals surface area (Å²) >= 11 is 0. The molecule has 0 radical (unpaired) electrons. The van der Waals surface area contributed by atoms with Gasteiger partial charge in [0.05, 0.1) is 11.0 Å². The zero-order valence-electron chi connectivity index (χ0n) is 11.7. The first kappa shape index (κ1) is 17.2. The molecule has 5 nitrogen and oxygen atoms in total. The number of sulfone groups is 1. The summed E-state index contributed by atoms with van der Waals surface area (Å²) in [5.41, 5.74) is 0.236. The number of rotatable bonds is 7. The molecule has 21 heavy (non-hydrogen) atoms. The van der Waals surface area contributed by atoms with Crippen molar-refractivity contribution in [2.24, 2.45) is 0 Å². The van der Waals surface area contributed by atoms with Crippen LogP contribution in [0.2, 0.25) is 0 Å². The van der Waals surface area contributed by atoms with Crippen molar-refractivity contribution < 1.29 is 27.4 Å². The van der Waals surface area contributed by atoms with Crippen LogP contribution in [0.5, 0.6) is 5.75 Å². The Bertz CT molecular complexity index is 635. The number of halogens is 1. The molecule has 0 aliphatic carbocycles. The van der Waals surface area contributed by atoms with E-state index in [1.807, 2.05) is 0 Å². The predicted octanol–water partition coefficient (Wildman–Crippen LogP) is 2.13. The Kier molecular flexibility index (Phi) is 5.90. The van der Waals surface area contributed by atoms with Crippen molar-refractivity contribution >= 4 is 21.9 Å². The number of hydrogen-bond donors (Lipinski definition) is 1. The molecular formula is C14H17FO5S. The number of benzene rings is 1. The van der Waals surface area contributed by atoms with Gasteiger partial charge in [0.25, 0.3) is 0 Å². The maximum absolute atomic E-state index is 13.2. The van der Waals surface area contributed by atoms with E-state index in [4.69, 9.17) is 9.84 Å². The van der Waals surface area contributed by atoms with Crippen molar-refractivity contribution in [2.45, 2.75) is 19.1 Å². The number of aliphatic carboxylic acids is 1. The van der Waals surface area contributed by atoms with Gasteiger partial charge in [0, 0.05) is 11.6 Å². The number of carboxylic acids is 1. The number of hydrogen-bond acceptors (Lipinski definition) is 4. The second kappa shape index (κ2) is 7.21. The summed E-state index contributed by atoms with van der Waals surface area (Å²) in [6.07, 6.45) is 2.05. The molecule has 1 rings (SSSR count). The monoisotopic (exact) mass is 316 g/mol. The van der Waals surface area contributed by atoms with Crippen LogP contribution in [0.25, 0.3) is 6.08 Å². The van der Waals surface area contributed by atoms with Gasteiger partial charge in [0.1, 0.15) is 18.2 Å². The molecule has 0 atom stereocenters. The van der Waals surface area contributed by atoms with Gasteiger partial charge in [-0.25, -0.2) is 17.6 Å². The number of carbonyl (C=O) groups is 1. The highest BCUT2D eigenvalue weighted by molar-refractivity contribution is 7.91. The van der Waals surface area contributed by atoms with E-state index in [-0.39, 0.29) is 23.7 Å². The minimum absolute atomic E-state index is 0.0833. The topological polar surface area (TPSA) is 80.7 Å². The molecule has 1 aromatic rings. The highest BCUT2D eigenvalue weighted by Crippen LogP contribution is 2.21. The third-order valence-electron chi connectivity index (χ3n) is 2.72. The summed E-state index contributed by atoms with van der Waals surface area (Å²) in [6.45, 7) is 3.07. The molecule has 0 spiro atoms. The smallest absolute Gasteiger partial charge is 0.328 e. The lowest BCUT2D eigenvalue weighted by atomic mass is 10.2. The molecule has 0 aliphatic heterocycles. The quantitative estimate of drug-likeness (QED) is 0.779. The largest absolute Gasteiger partial charge is 0.492 e. The lowest BCUT2D eigenvalue weighted by Gasteiger charge is -2.11. The predicted molar refractivity (Wildman–Crippen MR) is 77.5 cm³/mol. The summed E-state index contributed by atoms with van der Waals surface area (Å²) in [5.74, 6) is -1.65. The molecule has 0 saturated carbocycles. The van der Waals surface area contributed by atoms with Gasteiger partial charge in [-0.15, -0.1) is 0 Å². The van der Waals surface area contributed by atoms with E-state index in [1.165, 1.54) is 12.1 Å². The molecule has 116 valence electrons. The molecule has 0 saturated heterocycles. The fourth-order valence-corrected chi connectivity index (χ4v) is 2.23. The van der Waals surface area contributed by atoms with E-state index in [1.54, 1.807) is 13.8 Å². The second-order valence-corrected chi connectivity index (χ2v) is 7.29. The van der Waals surface area contributed by atoms with Crippen LogP contribution in [-0.2, 0) is 14.6 Å². The van der Waals surface area contributed by atoms with Gasteiger partial charge in [-0.05, 0) is 38.1 Å². The maximum Gasteiger partial charge on any atom is 0.328 e. The zero-order chi connectivity index (χ0) is 16.0. The van der Waals surface area contributed by atoms with Crippen LogP contribution < -0.4 is 4.74 Å². The highest BCUT2D eigenvalue weighted by atomic mass is 32.2. The Hall–Kier alpha value is -1.89. The van der Waals surface area contributed by atoms with E-state index < -0.39 is 26.9 Å². The molecule has 0 aromatic heterocycles. The highest BCUT2D eigenvalue weighted by Gasteiger charge is 2.16. The van der Waals surface area contributed by atoms with Crippen LogP contribution in [0.3, 0.4) is 0 Å². The number of ether oxygens (including phenoxy) is 1. The molecular weight excluding hydrogens is 299 g/mol. The fraction of sp³-hybridized carbons (Fsp3) is 0.357. The normalized spacial score (nSPS) is 12.0. The second-order valence-electron chi connectivity index (χ2n) is 4.62. The molecule has 0 bridgehead atoms. The SMILES string of the molecule is CC(C)S(=O)(=O)CCOc1ccc(F)cc1/C=C/C(=O)O. The van der Waals surface area contributed by atoms with Crippen molar-refractivity contribution in [3.05, 3.63) is 35.7 Å². The number of carboxylic acid groups (broad SMARTS) is 1. The van der Waals surface area contributed by atoms with E-state index >= 15 is 0 Å². The Labute approximate surface area is 123 Å². The van der Waals surface area contributed by atoms with Crippen LogP contribution in [0, 0.1) is 5.82 Å². The Morgan fingerprint density at radius 2 is 2.10 bits per heavy atom. The standard InChI is InChI=1S/C14H17FO5S/c1-10(2)21(18,19)8-7-20-13-5-4-12(15)9-11(13)3-6-14(16)17/h3-6,9-10H,7-8H2,1-2H3,(H,16,17)/b6-3+. The van der Waals surface area contributed by atoms with Gasteiger partial charge in [-0.1, -0.05) is 0 Å². The lowest BCUT2D eigenvalue weighted by Crippen LogP contribution is -2.22. The minimum atomic E-state index is -3.23. The maximum atomic E-state index is 13.2. The van der Waals surface area contributed by atoms with Gasteiger partial charge in [0.15, 0.2) is 9.84 Å². The molecule has 1 N–H and O–H groups in total. The molecule has 0 unspecified atom stereocenters. The lowest BCUT2D eigenvalue weighted by molar-refractivity contribution is -0.131. The third-order valence-corrected chi connectivity index (χ3v) is 4.89. The third kappa shape index (κ3) is 5.55. The minimum Gasteiger partial charge on any atom is -0.492 e. The van der Waals surface area contributed by atoms with Crippen LogP contribution in [-0.4, -0.2) is 37.1 Å². The van der Waals surface area contributed by atoms with Crippen LogP contribution >= 0.6 is 0 Å². The average molecular weight is 316 g/mol. The molecule has 0 heterocycles. The van der Waals surface area contributed by atoms with Gasteiger partial charge < -0.3 is 9.84 Å². The summed E-state index contributed by atoms with van der Waals surface area (Å²) < 4.78 is 41.8. The first-order valence-corrected chi connectivity index (χ1v) is 7.99. The van der Waals surface area contributed by atoms with Gasteiger partial charge >= 0.3 is 5.97 Å². The van der Waals surface area contributed by atoms with E-state index in [0.717, 1.165) is 18.2 Å². The first-order chi connectivity index (χ1) is 9.72. The average Bonchev–Trinajstić information content (AvgIpc) is 2.38. The van der Waals surface area contributed by atoms with Gasteiger partial charge in [0.2, 0.25) is 0 Å². The van der Waals surface area contributed by atoms with Crippen molar-refractivity contribution in [3.63, 3.8) is 0 Å². The zero-order valence-corrected chi connectivity index (χ0v) is 12.6. The van der Waals surface area contributed by atoms with Crippen molar-refractivity contribution in [1.29, 1.82) is 0 Å². The summed E-state index contributed by atoms with van der Waals surface area (Å²) in [5, 5.41) is 8.08. The van der Waals surface area contributed by atoms with Crippen LogP contribution in [0.1, 0.15) is 19.4 Å². The molecule has 0 amide bonds.